The number of halogens is 2. The lowest BCUT2D eigenvalue weighted by Crippen LogP contribution is -2.52. The Balaban J connectivity index is 0.00000289. The molecule has 7 nitrogen and oxygen atoms in total. The molecule has 0 aliphatic carbocycles. The molecule has 9 heteroatoms. The highest BCUT2D eigenvalue weighted by molar-refractivity contribution is 14.0. The van der Waals surface area contributed by atoms with E-state index in [9.17, 15) is 0 Å². The second kappa shape index (κ2) is 11.9. The normalized spacial score (nSPS) is 17.8. The van der Waals surface area contributed by atoms with Gasteiger partial charge in [-0.15, -0.1) is 24.0 Å². The summed E-state index contributed by atoms with van der Waals surface area (Å²) in [5, 5.41) is 4.28. The Bertz CT molecular complexity index is 876. The number of guanidine groups is 1. The van der Waals surface area contributed by atoms with Crippen LogP contribution in [0.15, 0.2) is 47.6 Å². The van der Waals surface area contributed by atoms with Crippen LogP contribution in [0.3, 0.4) is 0 Å². The monoisotopic (exact) mass is 569 g/mol. The molecule has 1 aromatic carbocycles. The van der Waals surface area contributed by atoms with E-state index in [2.05, 4.69) is 55.2 Å². The van der Waals surface area contributed by atoms with Crippen LogP contribution in [0.5, 0.6) is 0 Å². The van der Waals surface area contributed by atoms with E-state index in [-0.39, 0.29) is 24.0 Å². The van der Waals surface area contributed by atoms with Gasteiger partial charge in [0.15, 0.2) is 5.96 Å². The number of likely N-dealkylation sites (N-methyl/N-ethyl adjacent to an activating group) is 1. The molecule has 3 heterocycles. The topological polar surface area (TPSA) is 50.2 Å². The number of anilines is 2. The standard InChI is InChI=1S/C23H32ClN7.HI/c1-25-23(31-14-12-29(13-15-31)21-5-3-4-20(24)16-21)27-18-19-6-7-22(26-17-19)30-10-8-28(2)9-11-30;/h3-7,16-17H,8-15,18H2,1-2H3,(H,25,27);1H. The van der Waals surface area contributed by atoms with E-state index in [0.717, 1.165) is 81.3 Å². The van der Waals surface area contributed by atoms with Crippen molar-refractivity contribution in [1.82, 2.24) is 20.1 Å². The predicted octanol–water partition coefficient (Wildman–Crippen LogP) is 3.00. The van der Waals surface area contributed by atoms with Gasteiger partial charge in [-0.05, 0) is 36.9 Å². The fourth-order valence-electron chi connectivity index (χ4n) is 4.11. The first-order valence-corrected chi connectivity index (χ1v) is 11.3. The van der Waals surface area contributed by atoms with Gasteiger partial charge in [0, 0.05) is 82.9 Å². The number of aromatic nitrogens is 1. The minimum Gasteiger partial charge on any atom is -0.368 e. The van der Waals surface area contributed by atoms with E-state index in [4.69, 9.17) is 16.6 Å². The molecular weight excluding hydrogens is 537 g/mol. The minimum atomic E-state index is 0. The second-order valence-corrected chi connectivity index (χ2v) is 8.61. The zero-order chi connectivity index (χ0) is 21.6. The van der Waals surface area contributed by atoms with E-state index >= 15 is 0 Å². The third-order valence-corrected chi connectivity index (χ3v) is 6.29. The summed E-state index contributed by atoms with van der Waals surface area (Å²) in [6.07, 6.45) is 1.98. The maximum absolute atomic E-state index is 6.15. The van der Waals surface area contributed by atoms with Crippen molar-refractivity contribution in [2.45, 2.75) is 6.54 Å². The molecule has 0 unspecified atom stereocenters. The molecular formula is C23H33ClIN7. The van der Waals surface area contributed by atoms with Gasteiger partial charge < -0.3 is 24.9 Å². The van der Waals surface area contributed by atoms with E-state index in [0.29, 0.717) is 0 Å². The predicted molar refractivity (Wildman–Crippen MR) is 145 cm³/mol. The molecule has 0 saturated carbocycles. The molecule has 2 aliphatic heterocycles. The lowest BCUT2D eigenvalue weighted by Gasteiger charge is -2.37. The van der Waals surface area contributed by atoms with Crippen molar-refractivity contribution in [3.63, 3.8) is 0 Å². The van der Waals surface area contributed by atoms with Crippen LogP contribution in [0.25, 0.3) is 0 Å². The van der Waals surface area contributed by atoms with Crippen LogP contribution in [0.1, 0.15) is 5.56 Å². The van der Waals surface area contributed by atoms with Crippen LogP contribution >= 0.6 is 35.6 Å². The highest BCUT2D eigenvalue weighted by Gasteiger charge is 2.20. The summed E-state index contributed by atoms with van der Waals surface area (Å²) < 4.78 is 0. The summed E-state index contributed by atoms with van der Waals surface area (Å²) in [6.45, 7) is 8.71. The average molecular weight is 570 g/mol. The van der Waals surface area contributed by atoms with Gasteiger partial charge in [0.05, 0.1) is 0 Å². The van der Waals surface area contributed by atoms with Crippen molar-refractivity contribution in [2.24, 2.45) is 4.99 Å². The van der Waals surface area contributed by atoms with Crippen molar-refractivity contribution in [1.29, 1.82) is 0 Å². The molecule has 0 amide bonds. The fraction of sp³-hybridized carbons (Fsp3) is 0.478. The quantitative estimate of drug-likeness (QED) is 0.347. The molecule has 2 fully saturated rings. The number of pyridine rings is 1. The lowest BCUT2D eigenvalue weighted by atomic mass is 10.2. The molecule has 174 valence electrons. The van der Waals surface area contributed by atoms with Crippen LogP contribution in [0, 0.1) is 0 Å². The molecule has 0 spiro atoms. The molecule has 1 aromatic heterocycles. The number of nitrogens with one attached hydrogen (secondary N) is 1. The first-order chi connectivity index (χ1) is 15.1. The third-order valence-electron chi connectivity index (χ3n) is 6.05. The summed E-state index contributed by atoms with van der Waals surface area (Å²) in [7, 11) is 4.02. The van der Waals surface area contributed by atoms with E-state index in [1.54, 1.807) is 0 Å². The summed E-state index contributed by atoms with van der Waals surface area (Å²) in [6, 6.07) is 12.4. The molecule has 1 N–H and O–H groups in total. The Morgan fingerprint density at radius 2 is 1.72 bits per heavy atom. The van der Waals surface area contributed by atoms with Crippen LogP contribution in [-0.2, 0) is 6.54 Å². The molecule has 2 aliphatic rings. The molecule has 4 rings (SSSR count). The van der Waals surface area contributed by atoms with Crippen molar-refractivity contribution < 1.29 is 0 Å². The number of hydrogen-bond acceptors (Lipinski definition) is 5. The van der Waals surface area contributed by atoms with Gasteiger partial charge in [0.25, 0.3) is 0 Å². The highest BCUT2D eigenvalue weighted by Crippen LogP contribution is 2.21. The van der Waals surface area contributed by atoms with E-state index in [1.165, 1.54) is 5.69 Å². The maximum atomic E-state index is 6.15. The molecule has 2 saturated heterocycles. The zero-order valence-corrected chi connectivity index (χ0v) is 22.0. The van der Waals surface area contributed by atoms with Crippen molar-refractivity contribution in [3.8, 4) is 0 Å². The first kappa shape index (κ1) is 24.9. The largest absolute Gasteiger partial charge is 0.368 e. The van der Waals surface area contributed by atoms with Crippen molar-refractivity contribution >= 4 is 53.0 Å². The van der Waals surface area contributed by atoms with E-state index < -0.39 is 0 Å². The third kappa shape index (κ3) is 6.39. The average Bonchev–Trinajstić information content (AvgIpc) is 2.81. The van der Waals surface area contributed by atoms with Crippen LogP contribution in [0.4, 0.5) is 11.5 Å². The Morgan fingerprint density at radius 1 is 1.00 bits per heavy atom. The van der Waals surface area contributed by atoms with Gasteiger partial charge in [-0.1, -0.05) is 23.7 Å². The summed E-state index contributed by atoms with van der Waals surface area (Å²) in [5.41, 5.74) is 2.35. The van der Waals surface area contributed by atoms with Crippen LogP contribution in [-0.4, -0.2) is 87.2 Å². The molecule has 0 atom stereocenters. The summed E-state index contributed by atoms with van der Waals surface area (Å²) in [4.78, 5) is 18.6. The Hall–Kier alpha value is -1.78. The summed E-state index contributed by atoms with van der Waals surface area (Å²) >= 11 is 6.15. The molecule has 0 bridgehead atoms. The Kier molecular flexibility index (Phi) is 9.24. The fourth-order valence-corrected chi connectivity index (χ4v) is 4.29. The number of nitrogens with zero attached hydrogens (tertiary/aromatic N) is 6. The summed E-state index contributed by atoms with van der Waals surface area (Å²) in [5.74, 6) is 2.01. The van der Waals surface area contributed by atoms with Gasteiger partial charge in [0.2, 0.25) is 0 Å². The number of benzene rings is 1. The van der Waals surface area contributed by atoms with Gasteiger partial charge in [-0.25, -0.2) is 4.98 Å². The molecule has 2 aromatic rings. The number of piperazine rings is 2. The smallest absolute Gasteiger partial charge is 0.194 e. The van der Waals surface area contributed by atoms with E-state index in [1.807, 2.05) is 31.4 Å². The second-order valence-electron chi connectivity index (χ2n) is 8.17. The Labute approximate surface area is 213 Å². The lowest BCUT2D eigenvalue weighted by molar-refractivity contribution is 0.312. The van der Waals surface area contributed by atoms with Gasteiger partial charge in [-0.3, -0.25) is 4.99 Å². The molecule has 32 heavy (non-hydrogen) atoms. The van der Waals surface area contributed by atoms with Gasteiger partial charge in [0.1, 0.15) is 5.82 Å². The van der Waals surface area contributed by atoms with Crippen LogP contribution in [0.2, 0.25) is 5.02 Å². The van der Waals surface area contributed by atoms with Crippen molar-refractivity contribution in [3.05, 3.63) is 53.2 Å². The zero-order valence-electron chi connectivity index (χ0n) is 18.9. The highest BCUT2D eigenvalue weighted by atomic mass is 127. The SMILES string of the molecule is CN=C(NCc1ccc(N2CCN(C)CC2)nc1)N1CCN(c2cccc(Cl)c2)CC1.I. The first-order valence-electron chi connectivity index (χ1n) is 11.0. The number of rotatable bonds is 4. The Morgan fingerprint density at radius 3 is 2.34 bits per heavy atom. The van der Waals surface area contributed by atoms with Gasteiger partial charge in [-0.2, -0.15) is 0 Å². The maximum Gasteiger partial charge on any atom is 0.194 e. The minimum absolute atomic E-state index is 0. The number of aliphatic imine (C=N–C) groups is 1. The van der Waals surface area contributed by atoms with Gasteiger partial charge >= 0.3 is 0 Å². The van der Waals surface area contributed by atoms with Crippen LogP contribution < -0.4 is 15.1 Å². The number of hydrogen-bond donors (Lipinski definition) is 1. The van der Waals surface area contributed by atoms with Crippen molar-refractivity contribution in [2.75, 3.05) is 76.3 Å². The molecule has 0 radical (unpaired) electrons.